The van der Waals surface area contributed by atoms with Gasteiger partial charge in [-0.15, -0.1) is 0 Å². The van der Waals surface area contributed by atoms with E-state index in [0.29, 0.717) is 43.2 Å². The molecule has 2 aliphatic rings. The Labute approximate surface area is 187 Å². The topological polar surface area (TPSA) is 92.2 Å². The van der Waals surface area contributed by atoms with Crippen molar-refractivity contribution < 1.29 is 24.2 Å². The van der Waals surface area contributed by atoms with E-state index >= 15 is 0 Å². The van der Waals surface area contributed by atoms with Gasteiger partial charge in [0, 0.05) is 32.4 Å². The number of aliphatic hydroxyl groups is 1. The molecule has 1 amide bonds. The largest absolute Gasteiger partial charge is 0.507 e. The van der Waals surface area contributed by atoms with Gasteiger partial charge in [-0.1, -0.05) is 18.2 Å². The molecule has 0 bridgehead atoms. The molecule has 1 unspecified atom stereocenters. The number of amides is 1. The molecular weight excluding hydrogens is 410 g/mol. The summed E-state index contributed by atoms with van der Waals surface area (Å²) in [6, 6.07) is 11.5. The zero-order valence-electron chi connectivity index (χ0n) is 18.1. The Morgan fingerprint density at radius 1 is 1.12 bits per heavy atom. The molecule has 8 nitrogen and oxygen atoms in total. The van der Waals surface area contributed by atoms with E-state index in [1.165, 1.54) is 12.0 Å². The molecule has 1 aromatic carbocycles. The highest BCUT2D eigenvalue weighted by Gasteiger charge is 2.46. The number of benzene rings is 1. The molecule has 1 aromatic heterocycles. The number of hydrogen-bond acceptors (Lipinski definition) is 7. The van der Waals surface area contributed by atoms with Crippen LogP contribution in [0.25, 0.3) is 5.76 Å². The minimum Gasteiger partial charge on any atom is -0.507 e. The Morgan fingerprint density at radius 2 is 1.88 bits per heavy atom. The first kappa shape index (κ1) is 22.0. The van der Waals surface area contributed by atoms with Crippen molar-refractivity contribution in [1.29, 1.82) is 0 Å². The normalized spacial score (nSPS) is 21.2. The second-order valence-corrected chi connectivity index (χ2v) is 7.75. The molecular formula is C24H27N3O5. The molecule has 4 rings (SSSR count). The van der Waals surface area contributed by atoms with E-state index in [1.807, 2.05) is 0 Å². The third-order valence-corrected chi connectivity index (χ3v) is 5.85. The number of carbonyl (C=O) groups excluding carboxylic acids is 2. The lowest BCUT2D eigenvalue weighted by molar-refractivity contribution is -0.140. The Balaban J connectivity index is 1.67. The summed E-state index contributed by atoms with van der Waals surface area (Å²) in [5.41, 5.74) is 0.932. The fraction of sp³-hybridized carbons (Fsp3) is 0.375. The van der Waals surface area contributed by atoms with Gasteiger partial charge in [0.05, 0.1) is 37.2 Å². The third kappa shape index (κ3) is 4.37. The lowest BCUT2D eigenvalue weighted by atomic mass is 9.98. The van der Waals surface area contributed by atoms with Gasteiger partial charge in [0.1, 0.15) is 17.6 Å². The summed E-state index contributed by atoms with van der Waals surface area (Å²) in [4.78, 5) is 34.3. The van der Waals surface area contributed by atoms with Gasteiger partial charge in [0.15, 0.2) is 0 Å². The van der Waals surface area contributed by atoms with E-state index in [1.54, 1.807) is 48.7 Å². The molecule has 1 atom stereocenters. The monoisotopic (exact) mass is 437 g/mol. The van der Waals surface area contributed by atoms with Crippen LogP contribution >= 0.6 is 0 Å². The molecule has 1 N–H and O–H groups in total. The van der Waals surface area contributed by atoms with E-state index in [2.05, 4.69) is 9.88 Å². The highest BCUT2D eigenvalue weighted by atomic mass is 16.5. The maximum Gasteiger partial charge on any atom is 0.295 e. The molecule has 2 aliphatic heterocycles. The highest BCUT2D eigenvalue weighted by molar-refractivity contribution is 6.46. The van der Waals surface area contributed by atoms with Crippen LogP contribution in [-0.2, 0) is 14.3 Å². The number of likely N-dealkylation sites (tertiary alicyclic amines) is 1. The van der Waals surface area contributed by atoms with Crippen LogP contribution in [0.1, 0.15) is 23.7 Å². The van der Waals surface area contributed by atoms with Crippen molar-refractivity contribution >= 4 is 17.4 Å². The first-order valence-corrected chi connectivity index (χ1v) is 10.7. The van der Waals surface area contributed by atoms with Crippen molar-refractivity contribution in [2.75, 3.05) is 46.5 Å². The average molecular weight is 437 g/mol. The summed E-state index contributed by atoms with van der Waals surface area (Å²) >= 11 is 0. The quantitative estimate of drug-likeness (QED) is 0.403. The summed E-state index contributed by atoms with van der Waals surface area (Å²) in [6.07, 6.45) is 2.32. The van der Waals surface area contributed by atoms with Gasteiger partial charge >= 0.3 is 0 Å². The van der Waals surface area contributed by atoms with Gasteiger partial charge in [-0.05, 0) is 30.7 Å². The van der Waals surface area contributed by atoms with E-state index in [4.69, 9.17) is 9.47 Å². The zero-order valence-corrected chi connectivity index (χ0v) is 18.1. The standard InChI is InChI=1S/C24H27N3O5/c1-31-19-9-3-2-7-17(19)22(28)20-21(18-8-4-5-10-25-18)27(24(30)23(20)29)12-6-11-26-13-15-32-16-14-26/h2-5,7-10,21,28H,6,11-16H2,1H3/b22-20+. The number of aliphatic hydroxyl groups excluding tert-OH is 1. The molecule has 3 heterocycles. The zero-order chi connectivity index (χ0) is 22.5. The lowest BCUT2D eigenvalue weighted by Gasteiger charge is -2.29. The number of aromatic nitrogens is 1. The number of para-hydroxylation sites is 1. The second kappa shape index (κ2) is 9.93. The number of nitrogens with zero attached hydrogens (tertiary/aromatic N) is 3. The van der Waals surface area contributed by atoms with Crippen LogP contribution in [0, 0.1) is 0 Å². The first-order chi connectivity index (χ1) is 15.6. The van der Waals surface area contributed by atoms with Gasteiger partial charge in [0.2, 0.25) is 0 Å². The van der Waals surface area contributed by atoms with Gasteiger partial charge in [0.25, 0.3) is 11.7 Å². The minimum atomic E-state index is -0.759. The van der Waals surface area contributed by atoms with E-state index in [9.17, 15) is 14.7 Å². The number of pyridine rings is 1. The predicted octanol–water partition coefficient (Wildman–Crippen LogP) is 2.23. The summed E-state index contributed by atoms with van der Waals surface area (Å²) < 4.78 is 10.7. The van der Waals surface area contributed by atoms with Crippen molar-refractivity contribution in [3.05, 3.63) is 65.5 Å². The van der Waals surface area contributed by atoms with E-state index < -0.39 is 17.7 Å². The summed E-state index contributed by atoms with van der Waals surface area (Å²) in [6.45, 7) is 4.31. The SMILES string of the molecule is COc1ccccc1/C(O)=C1\C(=O)C(=O)N(CCCN2CCOCC2)C1c1ccccn1. The van der Waals surface area contributed by atoms with Gasteiger partial charge in [-0.25, -0.2) is 0 Å². The number of carbonyl (C=O) groups is 2. The fourth-order valence-electron chi connectivity index (χ4n) is 4.23. The number of methoxy groups -OCH3 is 1. The Hall–Kier alpha value is -3.23. The molecule has 32 heavy (non-hydrogen) atoms. The molecule has 0 saturated carbocycles. The lowest BCUT2D eigenvalue weighted by Crippen LogP contribution is -2.39. The second-order valence-electron chi connectivity index (χ2n) is 7.75. The van der Waals surface area contributed by atoms with Gasteiger partial charge in [-0.2, -0.15) is 0 Å². The third-order valence-electron chi connectivity index (χ3n) is 5.85. The number of morpholine rings is 1. The van der Waals surface area contributed by atoms with Crippen LogP contribution < -0.4 is 4.74 Å². The fourth-order valence-corrected chi connectivity index (χ4v) is 4.23. The van der Waals surface area contributed by atoms with Crippen molar-refractivity contribution in [3.8, 4) is 5.75 Å². The number of Topliss-reactive ketones (excluding diaryl/α,β-unsaturated/α-hetero) is 1. The maximum atomic E-state index is 13.1. The van der Waals surface area contributed by atoms with E-state index in [-0.39, 0.29) is 11.3 Å². The molecule has 0 spiro atoms. The Bertz CT molecular complexity index is 1000. The van der Waals surface area contributed by atoms with E-state index in [0.717, 1.165) is 19.6 Å². The molecule has 0 aliphatic carbocycles. The van der Waals surface area contributed by atoms with Crippen molar-refractivity contribution in [2.45, 2.75) is 12.5 Å². The number of hydrogen-bond donors (Lipinski definition) is 1. The van der Waals surface area contributed by atoms with Crippen molar-refractivity contribution in [1.82, 2.24) is 14.8 Å². The van der Waals surface area contributed by atoms with Gasteiger partial charge < -0.3 is 19.5 Å². The van der Waals surface area contributed by atoms with Crippen LogP contribution in [0.15, 0.2) is 54.2 Å². The van der Waals surface area contributed by atoms with Crippen LogP contribution in [0.5, 0.6) is 5.75 Å². The molecule has 2 aromatic rings. The molecule has 0 radical (unpaired) electrons. The van der Waals surface area contributed by atoms with Crippen LogP contribution in [0.2, 0.25) is 0 Å². The predicted molar refractivity (Wildman–Crippen MR) is 118 cm³/mol. The van der Waals surface area contributed by atoms with Gasteiger partial charge in [-0.3, -0.25) is 19.5 Å². The summed E-state index contributed by atoms with van der Waals surface area (Å²) in [5, 5.41) is 11.1. The maximum absolute atomic E-state index is 13.1. The van der Waals surface area contributed by atoms with Crippen LogP contribution in [0.3, 0.4) is 0 Å². The Kier molecular flexibility index (Phi) is 6.82. The average Bonchev–Trinajstić information content (AvgIpc) is 3.10. The molecule has 8 heteroatoms. The van der Waals surface area contributed by atoms with Crippen molar-refractivity contribution in [2.24, 2.45) is 0 Å². The Morgan fingerprint density at radius 3 is 2.59 bits per heavy atom. The molecule has 2 fully saturated rings. The molecule has 168 valence electrons. The number of rotatable bonds is 7. The highest BCUT2D eigenvalue weighted by Crippen LogP contribution is 2.40. The van der Waals surface area contributed by atoms with Crippen LogP contribution in [-0.4, -0.2) is 78.1 Å². The first-order valence-electron chi connectivity index (χ1n) is 10.7. The van der Waals surface area contributed by atoms with Crippen LogP contribution in [0.4, 0.5) is 0 Å². The number of ether oxygens (including phenoxy) is 2. The molecule has 2 saturated heterocycles. The number of ketones is 1. The summed E-state index contributed by atoms with van der Waals surface area (Å²) in [7, 11) is 1.49. The van der Waals surface area contributed by atoms with Crippen molar-refractivity contribution in [3.63, 3.8) is 0 Å². The smallest absolute Gasteiger partial charge is 0.295 e. The minimum absolute atomic E-state index is 0.0320. The summed E-state index contributed by atoms with van der Waals surface area (Å²) in [5.74, 6) is -1.18.